The lowest BCUT2D eigenvalue weighted by Gasteiger charge is -2.37. The molecule has 1 saturated heterocycles. The van der Waals surface area contributed by atoms with Crippen LogP contribution >= 0.6 is 0 Å². The number of imidazole rings is 1. The molecule has 2 heterocycles. The van der Waals surface area contributed by atoms with Crippen LogP contribution in [0, 0.1) is 17.6 Å². The van der Waals surface area contributed by atoms with Gasteiger partial charge in [-0.05, 0) is 78.1 Å². The fraction of sp³-hybridized carbons (Fsp3) is 0.348. The maximum absolute atomic E-state index is 14.0. The van der Waals surface area contributed by atoms with Crippen LogP contribution in [0.1, 0.15) is 41.0 Å². The van der Waals surface area contributed by atoms with Crippen molar-refractivity contribution >= 4 is 10.2 Å². The molecule has 0 amide bonds. The van der Waals surface area contributed by atoms with Crippen molar-refractivity contribution in [3.63, 3.8) is 0 Å². The Morgan fingerprint density at radius 2 is 1.61 bits per heavy atom. The lowest BCUT2D eigenvalue weighted by molar-refractivity contribution is 0.247. The highest BCUT2D eigenvalue weighted by Crippen LogP contribution is 2.43. The third-order valence-electron chi connectivity index (χ3n) is 6.51. The lowest BCUT2D eigenvalue weighted by atomic mass is 9.75. The van der Waals surface area contributed by atoms with E-state index in [0.29, 0.717) is 25.9 Å². The molecule has 2 aliphatic rings. The summed E-state index contributed by atoms with van der Waals surface area (Å²) in [6.07, 6.45) is 6.99. The molecule has 0 radical (unpaired) electrons. The largest absolute Gasteiger partial charge is 0.308 e. The van der Waals surface area contributed by atoms with E-state index >= 15 is 0 Å². The Labute approximate surface area is 180 Å². The lowest BCUT2D eigenvalue weighted by Crippen LogP contribution is -2.44. The predicted molar refractivity (Wildman–Crippen MR) is 113 cm³/mol. The first-order chi connectivity index (χ1) is 14.9. The molecule has 162 valence electrons. The molecule has 5 rings (SSSR count). The quantitative estimate of drug-likeness (QED) is 0.617. The first-order valence-electron chi connectivity index (χ1n) is 10.5. The molecule has 1 aliphatic carbocycles. The van der Waals surface area contributed by atoms with E-state index in [-0.39, 0.29) is 23.5 Å². The van der Waals surface area contributed by atoms with Crippen LogP contribution in [0.2, 0.25) is 0 Å². The number of fused-ring (bicyclic) bond motifs is 2. The van der Waals surface area contributed by atoms with Crippen molar-refractivity contribution in [3.05, 3.63) is 89.0 Å². The SMILES string of the molecule is O=S(=O)(N1CCCC(C2c3ccc(F)cc3CCc3cc(F)ccc32)C1)n1ccnc1. The zero-order valence-electron chi connectivity index (χ0n) is 16.9. The molecule has 31 heavy (non-hydrogen) atoms. The molecule has 1 aliphatic heterocycles. The van der Waals surface area contributed by atoms with Crippen molar-refractivity contribution in [1.29, 1.82) is 0 Å². The monoisotopic (exact) mass is 443 g/mol. The number of piperidine rings is 1. The van der Waals surface area contributed by atoms with E-state index in [1.54, 1.807) is 12.1 Å². The summed E-state index contributed by atoms with van der Waals surface area (Å²) in [7, 11) is -3.70. The van der Waals surface area contributed by atoms with Gasteiger partial charge in [-0.1, -0.05) is 12.1 Å². The second-order valence-corrected chi connectivity index (χ2v) is 10.2. The van der Waals surface area contributed by atoms with Crippen LogP contribution in [-0.4, -0.2) is 34.8 Å². The Morgan fingerprint density at radius 3 is 2.19 bits per heavy atom. The van der Waals surface area contributed by atoms with Crippen LogP contribution in [-0.2, 0) is 23.1 Å². The van der Waals surface area contributed by atoms with Crippen molar-refractivity contribution in [2.75, 3.05) is 13.1 Å². The molecular weight excluding hydrogens is 420 g/mol. The maximum Gasteiger partial charge on any atom is 0.308 e. The second kappa shape index (κ2) is 7.84. The second-order valence-electron chi connectivity index (χ2n) is 8.32. The van der Waals surface area contributed by atoms with Crippen LogP contribution in [0.25, 0.3) is 0 Å². The predicted octanol–water partition coefficient (Wildman–Crippen LogP) is 3.90. The molecule has 1 aromatic heterocycles. The fourth-order valence-corrected chi connectivity index (χ4v) is 6.49. The molecule has 5 nitrogen and oxygen atoms in total. The number of aryl methyl sites for hydroxylation is 2. The van der Waals surface area contributed by atoms with Crippen molar-refractivity contribution in [2.24, 2.45) is 5.92 Å². The van der Waals surface area contributed by atoms with Gasteiger partial charge in [0.25, 0.3) is 0 Å². The van der Waals surface area contributed by atoms with Gasteiger partial charge in [0.05, 0.1) is 0 Å². The minimum absolute atomic E-state index is 0.00133. The number of hydrogen-bond acceptors (Lipinski definition) is 3. The molecule has 3 aromatic rings. The minimum Gasteiger partial charge on any atom is -0.244 e. The summed E-state index contributed by atoms with van der Waals surface area (Å²) < 4.78 is 56.8. The van der Waals surface area contributed by atoms with Gasteiger partial charge in [0.15, 0.2) is 0 Å². The fourth-order valence-electron chi connectivity index (χ4n) is 5.11. The zero-order valence-corrected chi connectivity index (χ0v) is 17.7. The van der Waals surface area contributed by atoms with Gasteiger partial charge in [-0.2, -0.15) is 12.7 Å². The van der Waals surface area contributed by atoms with Gasteiger partial charge in [-0.3, -0.25) is 0 Å². The number of hydrogen-bond donors (Lipinski definition) is 0. The molecule has 0 spiro atoms. The Hall–Kier alpha value is -2.58. The summed E-state index contributed by atoms with van der Waals surface area (Å²) in [5.41, 5.74) is 3.85. The summed E-state index contributed by atoms with van der Waals surface area (Å²) in [4.78, 5) is 3.87. The molecule has 0 N–H and O–H groups in total. The molecule has 8 heteroatoms. The molecule has 1 atom stereocenters. The summed E-state index contributed by atoms with van der Waals surface area (Å²) in [6, 6.07) is 9.68. The normalized spacial score (nSPS) is 20.1. The zero-order chi connectivity index (χ0) is 21.6. The first kappa shape index (κ1) is 20.3. The number of nitrogens with zero attached hydrogens (tertiary/aromatic N) is 3. The smallest absolute Gasteiger partial charge is 0.244 e. The number of halogens is 2. The van der Waals surface area contributed by atoms with Crippen LogP contribution < -0.4 is 0 Å². The number of benzene rings is 2. The van der Waals surface area contributed by atoms with Crippen LogP contribution in [0.15, 0.2) is 55.1 Å². The molecule has 2 aromatic carbocycles. The van der Waals surface area contributed by atoms with Gasteiger partial charge in [-0.15, -0.1) is 0 Å². The first-order valence-corrected chi connectivity index (χ1v) is 11.9. The summed E-state index contributed by atoms with van der Waals surface area (Å²) >= 11 is 0. The van der Waals surface area contributed by atoms with Crippen molar-refractivity contribution in [1.82, 2.24) is 13.3 Å². The minimum atomic E-state index is -3.70. The van der Waals surface area contributed by atoms with Crippen molar-refractivity contribution in [2.45, 2.75) is 31.6 Å². The Bertz CT molecular complexity index is 1160. The summed E-state index contributed by atoms with van der Waals surface area (Å²) in [5.74, 6) is -0.696. The van der Waals surface area contributed by atoms with Crippen LogP contribution in [0.4, 0.5) is 8.78 Å². The van der Waals surface area contributed by atoms with Gasteiger partial charge in [0.2, 0.25) is 0 Å². The molecular formula is C23H23F2N3O2S. The van der Waals surface area contributed by atoms with E-state index in [4.69, 9.17) is 0 Å². The van der Waals surface area contributed by atoms with E-state index in [9.17, 15) is 17.2 Å². The number of aromatic nitrogens is 2. The summed E-state index contributed by atoms with van der Waals surface area (Å²) in [5, 5.41) is 0. The van der Waals surface area contributed by atoms with Gasteiger partial charge in [0, 0.05) is 31.4 Å². The average molecular weight is 444 g/mol. The molecule has 1 fully saturated rings. The highest BCUT2D eigenvalue weighted by Gasteiger charge is 2.37. The van der Waals surface area contributed by atoms with Gasteiger partial charge in [0.1, 0.15) is 18.0 Å². The third kappa shape index (κ3) is 3.68. The van der Waals surface area contributed by atoms with Gasteiger partial charge >= 0.3 is 10.2 Å². The summed E-state index contributed by atoms with van der Waals surface area (Å²) in [6.45, 7) is 0.787. The third-order valence-corrected chi connectivity index (χ3v) is 8.24. The standard InChI is InChI=1S/C23H23F2N3O2S/c24-19-5-7-21-16(12-19)3-4-17-13-20(25)6-8-22(17)23(21)18-2-1-10-27(14-18)31(29,30)28-11-9-26-15-28/h5-9,11-13,15,18,23H,1-4,10,14H2. The van der Waals surface area contributed by atoms with E-state index in [1.807, 2.05) is 12.1 Å². The Kier molecular flexibility index (Phi) is 5.14. The van der Waals surface area contributed by atoms with E-state index < -0.39 is 10.2 Å². The van der Waals surface area contributed by atoms with E-state index in [2.05, 4.69) is 4.98 Å². The maximum atomic E-state index is 14.0. The average Bonchev–Trinajstić information content (AvgIpc) is 3.26. The topological polar surface area (TPSA) is 55.2 Å². The highest BCUT2D eigenvalue weighted by molar-refractivity contribution is 7.87. The van der Waals surface area contributed by atoms with E-state index in [1.165, 1.54) is 35.2 Å². The van der Waals surface area contributed by atoms with Crippen LogP contribution in [0.3, 0.4) is 0 Å². The highest BCUT2D eigenvalue weighted by atomic mass is 32.2. The Balaban J connectivity index is 1.57. The van der Waals surface area contributed by atoms with Gasteiger partial charge < -0.3 is 0 Å². The number of rotatable bonds is 3. The van der Waals surface area contributed by atoms with Crippen molar-refractivity contribution < 1.29 is 17.2 Å². The van der Waals surface area contributed by atoms with Crippen LogP contribution in [0.5, 0.6) is 0 Å². The Morgan fingerprint density at radius 1 is 0.968 bits per heavy atom. The molecule has 0 saturated carbocycles. The van der Waals surface area contributed by atoms with E-state index in [0.717, 1.165) is 39.1 Å². The molecule has 1 unspecified atom stereocenters. The van der Waals surface area contributed by atoms with Crippen molar-refractivity contribution in [3.8, 4) is 0 Å². The van der Waals surface area contributed by atoms with Gasteiger partial charge in [-0.25, -0.2) is 17.7 Å². The molecule has 0 bridgehead atoms.